The number of pyridine rings is 1. The van der Waals surface area contributed by atoms with E-state index in [4.69, 9.17) is 0 Å². The predicted octanol–water partition coefficient (Wildman–Crippen LogP) is 5.64. The fourth-order valence-corrected chi connectivity index (χ4v) is 5.79. The Hall–Kier alpha value is -3.87. The molecule has 3 amide bonds. The Balaban J connectivity index is 1.24. The van der Waals surface area contributed by atoms with Gasteiger partial charge in [0.15, 0.2) is 0 Å². The number of carbonyl (C=O) groups is 2. The molecule has 1 aliphatic carbocycles. The van der Waals surface area contributed by atoms with E-state index in [0.717, 1.165) is 67.6 Å². The fourth-order valence-electron chi connectivity index (χ4n) is 5.79. The van der Waals surface area contributed by atoms with Gasteiger partial charge in [0.1, 0.15) is 0 Å². The second-order valence-electron chi connectivity index (χ2n) is 10.6. The van der Waals surface area contributed by atoms with Gasteiger partial charge in [-0.1, -0.05) is 23.8 Å². The molecular formula is C31H37N5O2. The Kier molecular flexibility index (Phi) is 7.63. The number of hydrogen-bond donors (Lipinski definition) is 2. The molecule has 1 unspecified atom stereocenters. The Morgan fingerprint density at radius 1 is 0.974 bits per heavy atom. The molecule has 0 bridgehead atoms. The van der Waals surface area contributed by atoms with Gasteiger partial charge in [-0.25, -0.2) is 4.79 Å². The van der Waals surface area contributed by atoms with Crippen molar-refractivity contribution >= 4 is 23.3 Å². The van der Waals surface area contributed by atoms with Crippen molar-refractivity contribution < 1.29 is 9.59 Å². The maximum atomic E-state index is 13.5. The average Bonchev–Trinajstić information content (AvgIpc) is 2.94. The minimum absolute atomic E-state index is 0.0409. The van der Waals surface area contributed by atoms with Crippen LogP contribution >= 0.6 is 0 Å². The van der Waals surface area contributed by atoms with E-state index in [2.05, 4.69) is 32.7 Å². The van der Waals surface area contributed by atoms with E-state index < -0.39 is 0 Å². The van der Waals surface area contributed by atoms with Crippen LogP contribution < -0.4 is 15.5 Å². The van der Waals surface area contributed by atoms with Gasteiger partial charge in [-0.2, -0.15) is 0 Å². The third-order valence-electron chi connectivity index (χ3n) is 8.00. The largest absolute Gasteiger partial charge is 0.371 e. The Bertz CT molecular complexity index is 1300. The summed E-state index contributed by atoms with van der Waals surface area (Å²) in [6.45, 7) is 5.86. The fraction of sp³-hybridized carbons (Fsp3) is 0.387. The normalized spacial score (nSPS) is 17.4. The summed E-state index contributed by atoms with van der Waals surface area (Å²) in [5, 5.41) is 6.16. The molecule has 2 N–H and O–H groups in total. The lowest BCUT2D eigenvalue weighted by atomic mass is 9.86. The van der Waals surface area contributed by atoms with Crippen molar-refractivity contribution in [2.45, 2.75) is 58.0 Å². The van der Waals surface area contributed by atoms with Gasteiger partial charge in [0.2, 0.25) is 0 Å². The second-order valence-corrected chi connectivity index (χ2v) is 10.6. The van der Waals surface area contributed by atoms with Crippen LogP contribution in [0.3, 0.4) is 0 Å². The third kappa shape index (κ3) is 5.67. The van der Waals surface area contributed by atoms with Crippen LogP contribution in [-0.2, 0) is 6.42 Å². The van der Waals surface area contributed by atoms with Crippen LogP contribution in [0.5, 0.6) is 0 Å². The van der Waals surface area contributed by atoms with E-state index in [1.54, 1.807) is 0 Å². The standard InChI is InChI=1S/C31H37N5O2/c1-21-7-10-28(22(2)19-21)33-31(38)34-29-6-4-5-23-8-9-24(20-27(23)29)30(37)35(3)25-13-17-36(18-14-25)26-11-15-32-16-12-26/h7-12,15-16,19-20,25,29H,4-6,13-14,17-18H2,1-3H3,(H2,33,34,38). The summed E-state index contributed by atoms with van der Waals surface area (Å²) in [6.07, 6.45) is 8.32. The predicted molar refractivity (Wildman–Crippen MR) is 152 cm³/mol. The minimum atomic E-state index is -0.218. The van der Waals surface area contributed by atoms with E-state index in [0.29, 0.717) is 5.56 Å². The second kappa shape index (κ2) is 11.3. The summed E-state index contributed by atoms with van der Waals surface area (Å²) in [5.41, 5.74) is 7.14. The SMILES string of the molecule is Cc1ccc(NC(=O)NC2CCCc3ccc(C(=O)N(C)C4CCN(c5ccncc5)CC4)cc32)c(C)c1. The average molecular weight is 512 g/mol. The number of piperidine rings is 1. The smallest absolute Gasteiger partial charge is 0.319 e. The van der Waals surface area contributed by atoms with Crippen molar-refractivity contribution in [1.82, 2.24) is 15.2 Å². The number of amides is 3. The Morgan fingerprint density at radius 2 is 1.74 bits per heavy atom. The Labute approximate surface area is 225 Å². The van der Waals surface area contributed by atoms with Crippen molar-refractivity contribution in [3.63, 3.8) is 0 Å². The molecule has 1 aromatic heterocycles. The molecule has 0 saturated carbocycles. The molecule has 7 nitrogen and oxygen atoms in total. The maximum absolute atomic E-state index is 13.5. The first-order valence-corrected chi connectivity index (χ1v) is 13.6. The number of fused-ring (bicyclic) bond motifs is 1. The summed E-state index contributed by atoms with van der Waals surface area (Å²) < 4.78 is 0. The first kappa shape index (κ1) is 25.8. The molecule has 0 spiro atoms. The highest BCUT2D eigenvalue weighted by atomic mass is 16.2. The molecular weight excluding hydrogens is 474 g/mol. The summed E-state index contributed by atoms with van der Waals surface area (Å²) in [5.74, 6) is 0.0409. The summed E-state index contributed by atoms with van der Waals surface area (Å²) in [6, 6.07) is 15.9. The van der Waals surface area contributed by atoms with Gasteiger partial charge < -0.3 is 20.4 Å². The van der Waals surface area contributed by atoms with Crippen LogP contribution in [0, 0.1) is 13.8 Å². The first-order chi connectivity index (χ1) is 18.4. The van der Waals surface area contributed by atoms with Gasteiger partial charge in [-0.3, -0.25) is 9.78 Å². The molecule has 0 radical (unpaired) electrons. The highest BCUT2D eigenvalue weighted by Crippen LogP contribution is 2.31. The molecule has 1 atom stereocenters. The summed E-state index contributed by atoms with van der Waals surface area (Å²) in [4.78, 5) is 34.8. The van der Waals surface area contributed by atoms with E-state index in [-0.39, 0.29) is 24.0 Å². The number of carbonyl (C=O) groups excluding carboxylic acids is 2. The van der Waals surface area contributed by atoms with E-state index in [1.165, 1.54) is 11.3 Å². The number of hydrogen-bond acceptors (Lipinski definition) is 4. The van der Waals surface area contributed by atoms with E-state index in [1.807, 2.05) is 74.6 Å². The molecule has 5 rings (SSSR count). The van der Waals surface area contributed by atoms with Gasteiger partial charge in [-0.15, -0.1) is 0 Å². The molecule has 2 heterocycles. The number of urea groups is 1. The van der Waals surface area contributed by atoms with Crippen molar-refractivity contribution in [3.05, 3.63) is 88.7 Å². The van der Waals surface area contributed by atoms with Crippen molar-refractivity contribution in [3.8, 4) is 0 Å². The van der Waals surface area contributed by atoms with Gasteiger partial charge in [0.05, 0.1) is 6.04 Å². The van der Waals surface area contributed by atoms with Crippen LogP contribution in [0.15, 0.2) is 60.9 Å². The van der Waals surface area contributed by atoms with Gasteiger partial charge in [0, 0.05) is 55.5 Å². The number of aromatic nitrogens is 1. The zero-order valence-corrected chi connectivity index (χ0v) is 22.5. The van der Waals surface area contributed by atoms with Gasteiger partial charge in [-0.05, 0) is 93.0 Å². The summed E-state index contributed by atoms with van der Waals surface area (Å²) in [7, 11) is 1.92. The monoisotopic (exact) mass is 511 g/mol. The lowest BCUT2D eigenvalue weighted by Gasteiger charge is -2.38. The van der Waals surface area contributed by atoms with Crippen LogP contribution in [0.25, 0.3) is 0 Å². The zero-order chi connectivity index (χ0) is 26.6. The highest BCUT2D eigenvalue weighted by molar-refractivity contribution is 5.95. The lowest BCUT2D eigenvalue weighted by molar-refractivity contribution is 0.0709. The summed E-state index contributed by atoms with van der Waals surface area (Å²) >= 11 is 0. The molecule has 1 aliphatic heterocycles. The maximum Gasteiger partial charge on any atom is 0.319 e. The molecule has 1 fully saturated rings. The molecule has 198 valence electrons. The molecule has 2 aromatic carbocycles. The van der Waals surface area contributed by atoms with Gasteiger partial charge in [0.25, 0.3) is 5.91 Å². The highest BCUT2D eigenvalue weighted by Gasteiger charge is 2.28. The topological polar surface area (TPSA) is 77.6 Å². The Morgan fingerprint density at radius 3 is 2.47 bits per heavy atom. The molecule has 2 aliphatic rings. The third-order valence-corrected chi connectivity index (χ3v) is 8.00. The lowest BCUT2D eigenvalue weighted by Crippen LogP contribution is -2.45. The molecule has 3 aromatic rings. The van der Waals surface area contributed by atoms with E-state index >= 15 is 0 Å². The molecule has 1 saturated heterocycles. The van der Waals surface area contributed by atoms with Crippen LogP contribution in [0.1, 0.15) is 64.3 Å². The molecule has 38 heavy (non-hydrogen) atoms. The number of benzene rings is 2. The number of aryl methyl sites for hydroxylation is 3. The number of nitrogens with one attached hydrogen (secondary N) is 2. The number of rotatable bonds is 5. The quantitative estimate of drug-likeness (QED) is 0.465. The zero-order valence-electron chi connectivity index (χ0n) is 22.5. The van der Waals surface area contributed by atoms with Gasteiger partial charge >= 0.3 is 6.03 Å². The van der Waals surface area contributed by atoms with Crippen molar-refractivity contribution in [2.24, 2.45) is 0 Å². The van der Waals surface area contributed by atoms with E-state index in [9.17, 15) is 9.59 Å². The van der Waals surface area contributed by atoms with Crippen LogP contribution in [0.4, 0.5) is 16.2 Å². The minimum Gasteiger partial charge on any atom is -0.371 e. The van der Waals surface area contributed by atoms with Crippen LogP contribution in [-0.4, -0.2) is 48.0 Å². The number of anilines is 2. The van der Waals surface area contributed by atoms with Crippen LogP contribution in [0.2, 0.25) is 0 Å². The molecule has 7 heteroatoms. The number of nitrogens with zero attached hydrogens (tertiary/aromatic N) is 3. The first-order valence-electron chi connectivity index (χ1n) is 13.6. The van der Waals surface area contributed by atoms with Crippen molar-refractivity contribution in [1.29, 1.82) is 0 Å². The van der Waals surface area contributed by atoms with Crippen molar-refractivity contribution in [2.75, 3.05) is 30.4 Å².